The van der Waals surface area contributed by atoms with Crippen molar-refractivity contribution in [2.45, 2.75) is 33.3 Å². The van der Waals surface area contributed by atoms with E-state index < -0.39 is 11.7 Å². The molecule has 0 spiro atoms. The molecule has 110 valence electrons. The predicted molar refractivity (Wildman–Crippen MR) is 76.3 cm³/mol. The molecule has 5 nitrogen and oxygen atoms in total. The molecule has 0 heterocycles. The zero-order valence-corrected chi connectivity index (χ0v) is 12.4. The summed E-state index contributed by atoms with van der Waals surface area (Å²) in [6.45, 7) is 7.94. The summed E-state index contributed by atoms with van der Waals surface area (Å²) < 4.78 is 10.6. The van der Waals surface area contributed by atoms with Gasteiger partial charge in [0, 0.05) is 5.56 Å². The van der Waals surface area contributed by atoms with E-state index in [1.165, 1.54) is 0 Å². The first-order valence-electron chi connectivity index (χ1n) is 6.47. The second-order valence-electron chi connectivity index (χ2n) is 5.41. The second kappa shape index (κ2) is 6.93. The number of hydrogen-bond acceptors (Lipinski definition) is 4. The first kappa shape index (κ1) is 16.0. The lowest BCUT2D eigenvalue weighted by Crippen LogP contribution is -2.34. The Labute approximate surface area is 119 Å². The molecule has 0 aliphatic carbocycles. The maximum absolute atomic E-state index is 11.4. The average Bonchev–Trinajstić information content (AvgIpc) is 2.33. The van der Waals surface area contributed by atoms with Crippen LogP contribution in [0.4, 0.5) is 4.79 Å². The summed E-state index contributed by atoms with van der Waals surface area (Å²) >= 11 is 0. The molecule has 0 aliphatic rings. The van der Waals surface area contributed by atoms with Gasteiger partial charge in [-0.25, -0.2) is 4.79 Å². The van der Waals surface area contributed by atoms with Crippen LogP contribution in [-0.2, 0) is 4.74 Å². The Morgan fingerprint density at radius 2 is 2.05 bits per heavy atom. The normalized spacial score (nSPS) is 10.8. The molecule has 1 aromatic rings. The topological polar surface area (TPSA) is 64.6 Å². The summed E-state index contributed by atoms with van der Waals surface area (Å²) in [5.74, 6) is 0.666. The predicted octanol–water partition coefficient (Wildman–Crippen LogP) is 2.71. The first-order chi connectivity index (χ1) is 9.31. The SMILES string of the molecule is Cc1cc(OCCNC(=O)OC(C)(C)C)ccc1C=O. The summed E-state index contributed by atoms with van der Waals surface area (Å²) in [5.41, 5.74) is 0.994. The van der Waals surface area contributed by atoms with E-state index >= 15 is 0 Å². The van der Waals surface area contributed by atoms with Gasteiger partial charge in [-0.1, -0.05) is 0 Å². The monoisotopic (exact) mass is 279 g/mol. The van der Waals surface area contributed by atoms with Gasteiger partial charge >= 0.3 is 6.09 Å². The highest BCUT2D eigenvalue weighted by Crippen LogP contribution is 2.15. The molecule has 0 bridgehead atoms. The van der Waals surface area contributed by atoms with Crippen molar-refractivity contribution < 1.29 is 19.1 Å². The number of benzene rings is 1. The van der Waals surface area contributed by atoms with E-state index in [4.69, 9.17) is 9.47 Å². The Morgan fingerprint density at radius 3 is 2.60 bits per heavy atom. The summed E-state index contributed by atoms with van der Waals surface area (Å²) in [7, 11) is 0. The van der Waals surface area contributed by atoms with Crippen molar-refractivity contribution in [2.24, 2.45) is 0 Å². The summed E-state index contributed by atoms with van der Waals surface area (Å²) in [6, 6.07) is 5.22. The lowest BCUT2D eigenvalue weighted by molar-refractivity contribution is 0.0520. The molecule has 0 fully saturated rings. The maximum atomic E-state index is 11.4. The highest BCUT2D eigenvalue weighted by atomic mass is 16.6. The lowest BCUT2D eigenvalue weighted by Gasteiger charge is -2.19. The molecule has 1 amide bonds. The zero-order valence-electron chi connectivity index (χ0n) is 12.4. The summed E-state index contributed by atoms with van der Waals surface area (Å²) in [4.78, 5) is 22.1. The standard InChI is InChI=1S/C15H21NO4/c1-11-9-13(6-5-12(11)10-17)19-8-7-16-14(18)20-15(2,3)4/h5-6,9-10H,7-8H2,1-4H3,(H,16,18). The molecule has 1 aromatic carbocycles. The van der Waals surface area contributed by atoms with Gasteiger partial charge < -0.3 is 14.8 Å². The number of nitrogens with one attached hydrogen (secondary N) is 1. The Hall–Kier alpha value is -2.04. The fourth-order valence-electron chi connectivity index (χ4n) is 1.51. The minimum absolute atomic E-state index is 0.332. The molecule has 0 saturated heterocycles. The molecule has 0 atom stereocenters. The number of aryl methyl sites for hydroxylation is 1. The van der Waals surface area contributed by atoms with E-state index in [0.717, 1.165) is 11.8 Å². The quantitative estimate of drug-likeness (QED) is 0.665. The Bertz CT molecular complexity index is 477. The fraction of sp³-hybridized carbons (Fsp3) is 0.467. The van der Waals surface area contributed by atoms with Gasteiger partial charge in [-0.15, -0.1) is 0 Å². The minimum Gasteiger partial charge on any atom is -0.492 e. The molecule has 5 heteroatoms. The molecule has 1 N–H and O–H groups in total. The molecule has 0 radical (unpaired) electrons. The van der Waals surface area contributed by atoms with Crippen LogP contribution >= 0.6 is 0 Å². The second-order valence-corrected chi connectivity index (χ2v) is 5.41. The highest BCUT2D eigenvalue weighted by molar-refractivity contribution is 5.77. The number of alkyl carbamates (subject to hydrolysis) is 1. The van der Waals surface area contributed by atoms with E-state index in [1.807, 2.05) is 6.92 Å². The molecular weight excluding hydrogens is 258 g/mol. The van der Waals surface area contributed by atoms with E-state index in [9.17, 15) is 9.59 Å². The van der Waals surface area contributed by atoms with Crippen LogP contribution in [0, 0.1) is 6.92 Å². The third-order valence-electron chi connectivity index (χ3n) is 2.41. The minimum atomic E-state index is -0.507. The fourth-order valence-corrected chi connectivity index (χ4v) is 1.51. The third-order valence-corrected chi connectivity index (χ3v) is 2.41. The van der Waals surface area contributed by atoms with Gasteiger partial charge in [-0.2, -0.15) is 0 Å². The Balaban J connectivity index is 2.33. The number of hydrogen-bond donors (Lipinski definition) is 1. The van der Waals surface area contributed by atoms with Crippen molar-refractivity contribution in [2.75, 3.05) is 13.2 Å². The summed E-state index contributed by atoms with van der Waals surface area (Å²) in [5, 5.41) is 2.60. The van der Waals surface area contributed by atoms with Crippen molar-refractivity contribution in [3.05, 3.63) is 29.3 Å². The van der Waals surface area contributed by atoms with Crippen molar-refractivity contribution in [3.63, 3.8) is 0 Å². The van der Waals surface area contributed by atoms with Crippen LogP contribution in [0.25, 0.3) is 0 Å². The van der Waals surface area contributed by atoms with Crippen molar-refractivity contribution >= 4 is 12.4 Å². The molecule has 0 aliphatic heterocycles. The Morgan fingerprint density at radius 1 is 1.35 bits per heavy atom. The number of carbonyl (C=O) groups excluding carboxylic acids is 2. The largest absolute Gasteiger partial charge is 0.492 e. The summed E-state index contributed by atoms with van der Waals surface area (Å²) in [6.07, 6.45) is 0.344. The van der Waals surface area contributed by atoms with Gasteiger partial charge in [-0.05, 0) is 51.5 Å². The molecule has 1 rings (SSSR count). The van der Waals surface area contributed by atoms with Gasteiger partial charge in [0.15, 0.2) is 0 Å². The number of ether oxygens (including phenoxy) is 2. The van der Waals surface area contributed by atoms with E-state index in [1.54, 1.807) is 39.0 Å². The average molecular weight is 279 g/mol. The van der Waals surface area contributed by atoms with E-state index in [2.05, 4.69) is 5.32 Å². The highest BCUT2D eigenvalue weighted by Gasteiger charge is 2.15. The van der Waals surface area contributed by atoms with E-state index in [-0.39, 0.29) is 0 Å². The van der Waals surface area contributed by atoms with Crippen LogP contribution in [-0.4, -0.2) is 31.1 Å². The van der Waals surface area contributed by atoms with Gasteiger partial charge in [0.1, 0.15) is 24.2 Å². The molecule has 0 saturated carbocycles. The lowest BCUT2D eigenvalue weighted by atomic mass is 10.1. The first-order valence-corrected chi connectivity index (χ1v) is 6.47. The number of aldehydes is 1. The van der Waals surface area contributed by atoms with Crippen LogP contribution in [0.1, 0.15) is 36.7 Å². The van der Waals surface area contributed by atoms with Crippen LogP contribution in [0.2, 0.25) is 0 Å². The van der Waals surface area contributed by atoms with Crippen LogP contribution in [0.3, 0.4) is 0 Å². The van der Waals surface area contributed by atoms with Crippen LogP contribution in [0.5, 0.6) is 5.75 Å². The van der Waals surface area contributed by atoms with Crippen molar-refractivity contribution in [1.82, 2.24) is 5.32 Å². The number of amides is 1. The number of rotatable bonds is 5. The molecule has 0 aromatic heterocycles. The molecule has 0 unspecified atom stereocenters. The molecular formula is C15H21NO4. The van der Waals surface area contributed by atoms with Gasteiger partial charge in [0.05, 0.1) is 6.54 Å². The van der Waals surface area contributed by atoms with Gasteiger partial charge in [-0.3, -0.25) is 4.79 Å². The Kier molecular flexibility index (Phi) is 5.55. The van der Waals surface area contributed by atoms with Crippen LogP contribution in [0.15, 0.2) is 18.2 Å². The smallest absolute Gasteiger partial charge is 0.407 e. The van der Waals surface area contributed by atoms with Gasteiger partial charge in [0.2, 0.25) is 0 Å². The van der Waals surface area contributed by atoms with Crippen molar-refractivity contribution in [1.29, 1.82) is 0 Å². The molecule has 20 heavy (non-hydrogen) atoms. The number of carbonyl (C=O) groups is 2. The van der Waals surface area contributed by atoms with E-state index in [0.29, 0.717) is 24.5 Å². The zero-order chi connectivity index (χ0) is 15.2. The van der Waals surface area contributed by atoms with Gasteiger partial charge in [0.25, 0.3) is 0 Å². The third kappa shape index (κ3) is 5.73. The van der Waals surface area contributed by atoms with Crippen LogP contribution < -0.4 is 10.1 Å². The van der Waals surface area contributed by atoms with Crippen molar-refractivity contribution in [3.8, 4) is 5.75 Å². The maximum Gasteiger partial charge on any atom is 0.407 e.